The van der Waals surface area contributed by atoms with Gasteiger partial charge in [0.05, 0.1) is 14.2 Å². The first-order valence-electron chi connectivity index (χ1n) is 7.64. The third-order valence-electron chi connectivity index (χ3n) is 4.55. The van der Waals surface area contributed by atoms with Gasteiger partial charge in [0.1, 0.15) is 29.4 Å². The molecule has 0 radical (unpaired) electrons. The summed E-state index contributed by atoms with van der Waals surface area (Å²) in [6.07, 6.45) is -1.50. The molecule has 0 saturated carbocycles. The average Bonchev–Trinajstić information content (AvgIpc) is 2.63. The maximum Gasteiger partial charge on any atom is 0.270 e. The van der Waals surface area contributed by atoms with Crippen molar-refractivity contribution in [1.29, 1.82) is 0 Å². The van der Waals surface area contributed by atoms with E-state index >= 15 is 0 Å². The largest absolute Gasteiger partial charge is 0.497 e. The van der Waals surface area contributed by atoms with Crippen LogP contribution in [0.1, 0.15) is 11.7 Å². The zero-order chi connectivity index (χ0) is 16.8. The minimum absolute atomic E-state index is 0.161. The summed E-state index contributed by atoms with van der Waals surface area (Å²) in [6, 6.07) is 11.9. The highest BCUT2D eigenvalue weighted by molar-refractivity contribution is 6.05. The lowest BCUT2D eigenvalue weighted by Crippen LogP contribution is -2.70. The van der Waals surface area contributed by atoms with Gasteiger partial charge in [-0.15, -0.1) is 0 Å². The second kappa shape index (κ2) is 5.42. The van der Waals surface area contributed by atoms with Crippen molar-refractivity contribution >= 4 is 11.6 Å². The predicted molar refractivity (Wildman–Crippen MR) is 86.6 cm³/mol. The van der Waals surface area contributed by atoms with Crippen molar-refractivity contribution in [3.63, 3.8) is 0 Å². The number of methoxy groups -OCH3 is 2. The Hall–Kier alpha value is -2.73. The lowest BCUT2D eigenvalue weighted by molar-refractivity contribution is -0.141. The van der Waals surface area contributed by atoms with Gasteiger partial charge in [-0.2, -0.15) is 0 Å². The van der Waals surface area contributed by atoms with E-state index in [4.69, 9.17) is 14.2 Å². The Morgan fingerprint density at radius 2 is 1.71 bits per heavy atom. The molecule has 4 rings (SSSR count). The minimum atomic E-state index is -0.839. The molecule has 1 N–H and O–H groups in total. The minimum Gasteiger partial charge on any atom is -0.497 e. The molecule has 124 valence electrons. The molecule has 1 fully saturated rings. The first-order valence-corrected chi connectivity index (χ1v) is 7.64. The third kappa shape index (κ3) is 2.03. The monoisotopic (exact) mass is 327 g/mol. The molecule has 0 spiro atoms. The summed E-state index contributed by atoms with van der Waals surface area (Å²) < 4.78 is 16.1. The number of ether oxygens (including phenoxy) is 3. The van der Waals surface area contributed by atoms with E-state index < -0.39 is 18.2 Å². The third-order valence-corrected chi connectivity index (χ3v) is 4.55. The summed E-state index contributed by atoms with van der Waals surface area (Å²) in [5.74, 6) is 1.70. The van der Waals surface area contributed by atoms with Crippen molar-refractivity contribution in [3.05, 3.63) is 48.0 Å². The number of rotatable bonds is 3. The van der Waals surface area contributed by atoms with Crippen LogP contribution in [-0.2, 0) is 4.79 Å². The number of aliphatic hydroxyl groups excluding tert-OH is 1. The molecule has 6 nitrogen and oxygen atoms in total. The number of amides is 1. The number of benzene rings is 2. The number of carbonyl (C=O) groups excluding carboxylic acids is 1. The second-order valence-electron chi connectivity index (χ2n) is 5.78. The lowest BCUT2D eigenvalue weighted by Gasteiger charge is -2.51. The molecular weight excluding hydrogens is 310 g/mol. The van der Waals surface area contributed by atoms with Crippen LogP contribution in [0.4, 0.5) is 5.69 Å². The molecule has 0 unspecified atom stereocenters. The number of nitrogens with zero attached hydrogens (tertiary/aromatic N) is 1. The Morgan fingerprint density at radius 3 is 2.38 bits per heavy atom. The molecule has 2 heterocycles. The zero-order valence-electron chi connectivity index (χ0n) is 13.3. The van der Waals surface area contributed by atoms with Gasteiger partial charge in [0, 0.05) is 11.3 Å². The van der Waals surface area contributed by atoms with Crippen molar-refractivity contribution in [2.45, 2.75) is 18.2 Å². The van der Waals surface area contributed by atoms with Crippen LogP contribution in [0, 0.1) is 0 Å². The molecule has 24 heavy (non-hydrogen) atoms. The molecular formula is C18H17NO5. The van der Waals surface area contributed by atoms with Crippen molar-refractivity contribution in [2.75, 3.05) is 19.1 Å². The van der Waals surface area contributed by atoms with Gasteiger partial charge in [-0.1, -0.05) is 0 Å². The molecule has 0 bridgehead atoms. The van der Waals surface area contributed by atoms with Gasteiger partial charge < -0.3 is 19.3 Å². The fourth-order valence-corrected chi connectivity index (χ4v) is 3.27. The molecule has 2 aliphatic rings. The number of fused-ring (bicyclic) bond motifs is 2. The molecule has 6 heteroatoms. The summed E-state index contributed by atoms with van der Waals surface area (Å²) in [4.78, 5) is 14.0. The standard InChI is InChI=1S/C18H17NO5/c1-22-11-5-3-10(4-6-11)19-15-16(20)13-9-12(23-2)7-8-14(13)24-17(15)18(19)21/h3-9,15-17,20H,1-2H3/t15-,16+,17+/m0/s1. The molecule has 1 amide bonds. The first kappa shape index (κ1) is 14.8. The Balaban J connectivity index is 1.68. The highest BCUT2D eigenvalue weighted by Gasteiger charge is 2.56. The highest BCUT2D eigenvalue weighted by Crippen LogP contribution is 2.45. The quantitative estimate of drug-likeness (QED) is 0.872. The number of hydrogen-bond acceptors (Lipinski definition) is 5. The maximum atomic E-state index is 12.5. The average molecular weight is 327 g/mol. The van der Waals surface area contributed by atoms with Gasteiger partial charge in [0.2, 0.25) is 6.10 Å². The second-order valence-corrected chi connectivity index (χ2v) is 5.78. The van der Waals surface area contributed by atoms with E-state index in [0.29, 0.717) is 28.5 Å². The Kier molecular flexibility index (Phi) is 3.35. The molecule has 3 atom stereocenters. The zero-order valence-corrected chi connectivity index (χ0v) is 13.3. The van der Waals surface area contributed by atoms with Crippen LogP contribution in [0.15, 0.2) is 42.5 Å². The molecule has 0 aromatic heterocycles. The van der Waals surface area contributed by atoms with Gasteiger partial charge in [-0.05, 0) is 42.5 Å². The Morgan fingerprint density at radius 1 is 1.04 bits per heavy atom. The van der Waals surface area contributed by atoms with E-state index in [1.807, 2.05) is 0 Å². The van der Waals surface area contributed by atoms with Crippen molar-refractivity contribution in [3.8, 4) is 17.2 Å². The number of aliphatic hydroxyl groups is 1. The van der Waals surface area contributed by atoms with Gasteiger partial charge in [-0.3, -0.25) is 9.69 Å². The summed E-state index contributed by atoms with van der Waals surface area (Å²) in [5.41, 5.74) is 1.33. The predicted octanol–water partition coefficient (Wildman–Crippen LogP) is 1.91. The lowest BCUT2D eigenvalue weighted by atomic mass is 9.85. The van der Waals surface area contributed by atoms with Crippen molar-refractivity contribution in [1.82, 2.24) is 0 Å². The number of anilines is 1. The van der Waals surface area contributed by atoms with E-state index in [1.54, 1.807) is 61.6 Å². The molecule has 2 aliphatic heterocycles. The van der Waals surface area contributed by atoms with E-state index in [0.717, 1.165) is 0 Å². The molecule has 1 saturated heterocycles. The van der Waals surface area contributed by atoms with Crippen LogP contribution in [0.25, 0.3) is 0 Å². The number of hydrogen-bond donors (Lipinski definition) is 1. The van der Waals surface area contributed by atoms with E-state index in [1.165, 1.54) is 0 Å². The van der Waals surface area contributed by atoms with Gasteiger partial charge in [0.25, 0.3) is 5.91 Å². The first-order chi connectivity index (χ1) is 11.6. The van der Waals surface area contributed by atoms with E-state index in [2.05, 4.69) is 0 Å². The summed E-state index contributed by atoms with van der Waals surface area (Å²) in [6.45, 7) is 0. The maximum absolute atomic E-state index is 12.5. The van der Waals surface area contributed by atoms with E-state index in [-0.39, 0.29) is 5.91 Å². The normalized spacial score (nSPS) is 24.4. The fourth-order valence-electron chi connectivity index (χ4n) is 3.27. The Bertz CT molecular complexity index is 788. The van der Waals surface area contributed by atoms with Crippen molar-refractivity contribution in [2.24, 2.45) is 0 Å². The summed E-state index contributed by atoms with van der Waals surface area (Å²) >= 11 is 0. The highest BCUT2D eigenvalue weighted by atomic mass is 16.5. The van der Waals surface area contributed by atoms with E-state index in [9.17, 15) is 9.90 Å². The van der Waals surface area contributed by atoms with Crippen molar-refractivity contribution < 1.29 is 24.1 Å². The molecule has 0 aliphatic carbocycles. The smallest absolute Gasteiger partial charge is 0.270 e. The topological polar surface area (TPSA) is 68.2 Å². The van der Waals surface area contributed by atoms with Crippen LogP contribution in [0.5, 0.6) is 17.2 Å². The van der Waals surface area contributed by atoms with Gasteiger partial charge in [0.15, 0.2) is 0 Å². The SMILES string of the molecule is COc1ccc(N2C(=O)[C@@H]3Oc4ccc(OC)cc4[C@@H](O)[C@@H]32)cc1. The Labute approximate surface area is 139 Å². The summed E-state index contributed by atoms with van der Waals surface area (Å²) in [5, 5.41) is 10.8. The van der Waals surface area contributed by atoms with Gasteiger partial charge in [-0.25, -0.2) is 0 Å². The van der Waals surface area contributed by atoms with Crippen LogP contribution < -0.4 is 19.1 Å². The van der Waals surface area contributed by atoms with Crippen LogP contribution in [-0.4, -0.2) is 37.4 Å². The van der Waals surface area contributed by atoms with Crippen LogP contribution >= 0.6 is 0 Å². The number of β-lactam (4-membered cyclic amide) rings is 1. The van der Waals surface area contributed by atoms with Gasteiger partial charge >= 0.3 is 0 Å². The van der Waals surface area contributed by atoms with Crippen LogP contribution in [0.3, 0.4) is 0 Å². The molecule has 2 aromatic rings. The summed E-state index contributed by atoms with van der Waals surface area (Å²) in [7, 11) is 3.15. The molecule has 2 aromatic carbocycles. The number of carbonyl (C=O) groups is 1. The van der Waals surface area contributed by atoms with Crippen LogP contribution in [0.2, 0.25) is 0 Å². The fraction of sp³-hybridized carbons (Fsp3) is 0.278.